The Morgan fingerprint density at radius 3 is 2.70 bits per heavy atom. The minimum absolute atomic E-state index is 0.000572. The maximum Gasteiger partial charge on any atom is 0.153 e. The lowest BCUT2D eigenvalue weighted by Crippen LogP contribution is -1.90. The fourth-order valence-electron chi connectivity index (χ4n) is 1.99. The highest BCUT2D eigenvalue weighted by atomic mass is 35.5. The third-order valence-corrected chi connectivity index (χ3v) is 3.32. The maximum atomic E-state index is 8.69. The summed E-state index contributed by atoms with van der Waals surface area (Å²) >= 11 is 6.20. The Morgan fingerprint density at radius 1 is 1.40 bits per heavy atom. The highest BCUT2D eigenvalue weighted by molar-refractivity contribution is 6.35. The van der Waals surface area contributed by atoms with Gasteiger partial charge in [0, 0.05) is 23.7 Å². The predicted octanol–water partition coefficient (Wildman–Crippen LogP) is 4.30. The first-order valence-corrected chi connectivity index (χ1v) is 6.47. The molecule has 2 rings (SSSR count). The highest BCUT2D eigenvalue weighted by Crippen LogP contribution is 2.34. The zero-order valence-electron chi connectivity index (χ0n) is 11.1. The standard InChI is InChI=1S/C15H12ClN3O/c1-3-14-9(2)12-4-11(5-13(16)15(12)20-14)19-8-10(6-17)7-18/h4-5,8,19H,3H2,1-2H3. The van der Waals surface area contributed by atoms with Crippen molar-refractivity contribution < 1.29 is 4.42 Å². The summed E-state index contributed by atoms with van der Waals surface area (Å²) in [5, 5.41) is 21.7. The number of allylic oxidation sites excluding steroid dienone is 1. The summed E-state index contributed by atoms with van der Waals surface area (Å²) in [6.45, 7) is 4.00. The molecule has 5 heteroatoms. The molecule has 1 aromatic heterocycles. The van der Waals surface area contributed by atoms with Gasteiger partial charge in [-0.1, -0.05) is 18.5 Å². The molecule has 0 atom stereocenters. The van der Waals surface area contributed by atoms with E-state index in [0.29, 0.717) is 16.3 Å². The van der Waals surface area contributed by atoms with Crippen molar-refractivity contribution in [1.82, 2.24) is 0 Å². The van der Waals surface area contributed by atoms with Gasteiger partial charge in [0.1, 0.15) is 23.5 Å². The van der Waals surface area contributed by atoms with Crippen LogP contribution in [0.4, 0.5) is 5.69 Å². The maximum absolute atomic E-state index is 8.69. The van der Waals surface area contributed by atoms with Crippen LogP contribution in [0.25, 0.3) is 11.0 Å². The summed E-state index contributed by atoms with van der Waals surface area (Å²) in [5.74, 6) is 0.907. The second kappa shape index (κ2) is 5.69. The molecule has 0 unspecified atom stereocenters. The van der Waals surface area contributed by atoms with Crippen LogP contribution in [-0.2, 0) is 6.42 Å². The zero-order chi connectivity index (χ0) is 14.7. The molecule has 4 nitrogen and oxygen atoms in total. The normalized spacial score (nSPS) is 9.85. The van der Waals surface area contributed by atoms with Gasteiger partial charge in [0.05, 0.1) is 5.02 Å². The molecule has 0 spiro atoms. The van der Waals surface area contributed by atoms with Gasteiger partial charge in [0.15, 0.2) is 5.58 Å². The van der Waals surface area contributed by atoms with Gasteiger partial charge in [0.25, 0.3) is 0 Å². The van der Waals surface area contributed by atoms with Crippen LogP contribution < -0.4 is 5.32 Å². The van der Waals surface area contributed by atoms with E-state index in [2.05, 4.69) is 5.32 Å². The smallest absolute Gasteiger partial charge is 0.153 e. The number of aryl methyl sites for hydroxylation is 2. The van der Waals surface area contributed by atoms with Crippen LogP contribution in [0.15, 0.2) is 28.3 Å². The monoisotopic (exact) mass is 285 g/mol. The molecule has 0 bridgehead atoms. The molecule has 20 heavy (non-hydrogen) atoms. The molecule has 0 aliphatic heterocycles. The number of hydrogen-bond donors (Lipinski definition) is 1. The Balaban J connectivity index is 2.48. The molecule has 0 radical (unpaired) electrons. The van der Waals surface area contributed by atoms with E-state index in [1.807, 2.05) is 19.9 Å². The Bertz CT molecular complexity index is 759. The second-order valence-corrected chi connectivity index (χ2v) is 4.67. The van der Waals surface area contributed by atoms with Gasteiger partial charge in [0.2, 0.25) is 0 Å². The van der Waals surface area contributed by atoms with Crippen molar-refractivity contribution in [1.29, 1.82) is 10.5 Å². The molecule has 1 aromatic carbocycles. The summed E-state index contributed by atoms with van der Waals surface area (Å²) in [7, 11) is 0. The van der Waals surface area contributed by atoms with Crippen molar-refractivity contribution in [3.05, 3.63) is 40.3 Å². The van der Waals surface area contributed by atoms with E-state index in [0.717, 1.165) is 23.1 Å². The summed E-state index contributed by atoms with van der Waals surface area (Å²) in [6.07, 6.45) is 2.15. The van der Waals surface area contributed by atoms with Gasteiger partial charge < -0.3 is 9.73 Å². The Hall–Kier alpha value is -2.43. The first-order chi connectivity index (χ1) is 9.60. The number of furan rings is 1. The number of nitrogens with zero attached hydrogens (tertiary/aromatic N) is 2. The van der Waals surface area contributed by atoms with Gasteiger partial charge in [-0.2, -0.15) is 10.5 Å². The topological polar surface area (TPSA) is 72.8 Å². The van der Waals surface area contributed by atoms with Crippen LogP contribution in [0.1, 0.15) is 18.2 Å². The summed E-state index contributed by atoms with van der Waals surface area (Å²) in [4.78, 5) is 0. The zero-order valence-corrected chi connectivity index (χ0v) is 11.9. The second-order valence-electron chi connectivity index (χ2n) is 4.26. The third-order valence-electron chi connectivity index (χ3n) is 3.04. The van der Waals surface area contributed by atoms with E-state index in [4.69, 9.17) is 26.5 Å². The summed E-state index contributed by atoms with van der Waals surface area (Å²) < 4.78 is 5.72. The van der Waals surface area contributed by atoms with E-state index < -0.39 is 0 Å². The van der Waals surface area contributed by atoms with E-state index in [-0.39, 0.29) is 5.57 Å². The molecule has 0 fully saturated rings. The lowest BCUT2D eigenvalue weighted by atomic mass is 10.1. The van der Waals surface area contributed by atoms with E-state index in [1.165, 1.54) is 6.20 Å². The minimum Gasteiger partial charge on any atom is -0.459 e. The molecule has 0 amide bonds. The van der Waals surface area contributed by atoms with Crippen LogP contribution in [0, 0.1) is 29.6 Å². The quantitative estimate of drug-likeness (QED) is 0.853. The van der Waals surface area contributed by atoms with E-state index in [1.54, 1.807) is 18.2 Å². The molecule has 0 saturated carbocycles. The predicted molar refractivity (Wildman–Crippen MR) is 78.3 cm³/mol. The van der Waals surface area contributed by atoms with Crippen molar-refractivity contribution in [3.8, 4) is 12.1 Å². The average Bonchev–Trinajstić information content (AvgIpc) is 2.77. The minimum atomic E-state index is -0.000572. The molecule has 1 N–H and O–H groups in total. The molecule has 100 valence electrons. The fourth-order valence-corrected chi connectivity index (χ4v) is 2.25. The number of nitriles is 2. The first-order valence-electron chi connectivity index (χ1n) is 6.09. The molecule has 0 aliphatic carbocycles. The van der Waals surface area contributed by atoms with Crippen molar-refractivity contribution >= 4 is 28.3 Å². The van der Waals surface area contributed by atoms with Crippen LogP contribution >= 0.6 is 11.6 Å². The fraction of sp³-hybridized carbons (Fsp3) is 0.200. The molecule has 0 aliphatic rings. The summed E-state index contributed by atoms with van der Waals surface area (Å²) in [5.41, 5.74) is 2.42. The number of anilines is 1. The van der Waals surface area contributed by atoms with E-state index >= 15 is 0 Å². The number of halogens is 1. The Labute approximate surface area is 121 Å². The number of fused-ring (bicyclic) bond motifs is 1. The number of benzene rings is 1. The molecule has 1 heterocycles. The first kappa shape index (κ1) is 14.0. The van der Waals surface area contributed by atoms with Crippen LogP contribution in [-0.4, -0.2) is 0 Å². The Morgan fingerprint density at radius 2 is 2.10 bits per heavy atom. The van der Waals surface area contributed by atoms with Crippen LogP contribution in [0.2, 0.25) is 5.02 Å². The van der Waals surface area contributed by atoms with Gasteiger partial charge in [-0.3, -0.25) is 0 Å². The largest absolute Gasteiger partial charge is 0.459 e. The highest BCUT2D eigenvalue weighted by Gasteiger charge is 2.13. The van der Waals surface area contributed by atoms with Gasteiger partial charge in [-0.05, 0) is 24.6 Å². The SMILES string of the molecule is CCc1oc2c(Cl)cc(NC=C(C#N)C#N)cc2c1C. The lowest BCUT2D eigenvalue weighted by Gasteiger charge is -2.02. The van der Waals surface area contributed by atoms with Crippen molar-refractivity contribution in [2.45, 2.75) is 20.3 Å². The van der Waals surface area contributed by atoms with Gasteiger partial charge in [-0.15, -0.1) is 0 Å². The number of rotatable bonds is 3. The average molecular weight is 286 g/mol. The molecule has 2 aromatic rings. The van der Waals surface area contributed by atoms with Crippen molar-refractivity contribution in [3.63, 3.8) is 0 Å². The van der Waals surface area contributed by atoms with Crippen LogP contribution in [0.3, 0.4) is 0 Å². The van der Waals surface area contributed by atoms with Crippen LogP contribution in [0.5, 0.6) is 0 Å². The van der Waals surface area contributed by atoms with Gasteiger partial charge in [-0.25, -0.2) is 0 Å². The van der Waals surface area contributed by atoms with E-state index in [9.17, 15) is 0 Å². The van der Waals surface area contributed by atoms with Crippen molar-refractivity contribution in [2.24, 2.45) is 0 Å². The number of hydrogen-bond acceptors (Lipinski definition) is 4. The lowest BCUT2D eigenvalue weighted by molar-refractivity contribution is 0.553. The molecule has 0 saturated heterocycles. The molecular weight excluding hydrogens is 274 g/mol. The molecular formula is C15H12ClN3O. The van der Waals surface area contributed by atoms with Gasteiger partial charge >= 0.3 is 0 Å². The Kier molecular flexibility index (Phi) is 3.98. The number of nitrogens with one attached hydrogen (secondary N) is 1. The summed E-state index contributed by atoms with van der Waals surface area (Å²) in [6, 6.07) is 7.16. The van der Waals surface area contributed by atoms with Crippen molar-refractivity contribution in [2.75, 3.05) is 5.32 Å². The third kappa shape index (κ3) is 2.47.